The van der Waals surface area contributed by atoms with Crippen molar-refractivity contribution in [3.05, 3.63) is 95.0 Å². The summed E-state index contributed by atoms with van der Waals surface area (Å²) in [5.41, 5.74) is 1.76. The van der Waals surface area contributed by atoms with Crippen LogP contribution in [0.5, 0.6) is 5.75 Å². The molecular formula is C29H27ClN2O4. The van der Waals surface area contributed by atoms with Crippen LogP contribution in [0.4, 0.5) is 5.69 Å². The summed E-state index contributed by atoms with van der Waals surface area (Å²) in [6, 6.07) is 22.0. The van der Waals surface area contributed by atoms with Crippen LogP contribution in [-0.4, -0.2) is 35.8 Å². The molecule has 0 spiro atoms. The lowest BCUT2D eigenvalue weighted by Gasteiger charge is -2.36. The van der Waals surface area contributed by atoms with Gasteiger partial charge >= 0.3 is 0 Å². The second-order valence-corrected chi connectivity index (χ2v) is 10.0. The first kappa shape index (κ1) is 24.1. The topological polar surface area (TPSA) is 66.9 Å². The maximum absolute atomic E-state index is 14.1. The van der Waals surface area contributed by atoms with Gasteiger partial charge in [-0.1, -0.05) is 61.8 Å². The van der Waals surface area contributed by atoms with Crippen LogP contribution in [0, 0.1) is 17.8 Å². The van der Waals surface area contributed by atoms with Gasteiger partial charge in [0.1, 0.15) is 5.75 Å². The van der Waals surface area contributed by atoms with E-state index < -0.39 is 23.9 Å². The van der Waals surface area contributed by atoms with E-state index in [4.69, 9.17) is 16.3 Å². The van der Waals surface area contributed by atoms with Crippen molar-refractivity contribution in [1.82, 2.24) is 4.90 Å². The number of anilines is 1. The van der Waals surface area contributed by atoms with E-state index in [1.807, 2.05) is 32.0 Å². The van der Waals surface area contributed by atoms with Gasteiger partial charge in [-0.15, -0.1) is 0 Å². The number of hydrogen-bond donors (Lipinski definition) is 0. The Morgan fingerprint density at radius 3 is 2.19 bits per heavy atom. The Labute approximate surface area is 215 Å². The van der Waals surface area contributed by atoms with Crippen molar-refractivity contribution < 1.29 is 19.1 Å². The molecule has 7 heteroatoms. The molecule has 0 bridgehead atoms. The number of imide groups is 1. The summed E-state index contributed by atoms with van der Waals surface area (Å²) in [6.45, 7) is 3.97. The minimum atomic E-state index is -0.708. The van der Waals surface area contributed by atoms with Crippen LogP contribution in [0.2, 0.25) is 5.02 Å². The third-order valence-electron chi connectivity index (χ3n) is 7.19. The third kappa shape index (κ3) is 3.86. The highest BCUT2D eigenvalue weighted by molar-refractivity contribution is 6.30. The van der Waals surface area contributed by atoms with Crippen molar-refractivity contribution in [2.24, 2.45) is 17.8 Å². The lowest BCUT2D eigenvalue weighted by atomic mass is 9.83. The lowest BCUT2D eigenvalue weighted by Crippen LogP contribution is -2.47. The number of methoxy groups -OCH3 is 1. The summed E-state index contributed by atoms with van der Waals surface area (Å²) in [5, 5.41) is 0.555. The molecule has 4 atom stereocenters. The van der Waals surface area contributed by atoms with Gasteiger partial charge in [0, 0.05) is 16.6 Å². The van der Waals surface area contributed by atoms with Gasteiger partial charge in [-0.25, -0.2) is 4.90 Å². The Balaban J connectivity index is 1.66. The number of ether oxygens (including phenoxy) is 1. The van der Waals surface area contributed by atoms with Crippen LogP contribution >= 0.6 is 11.6 Å². The zero-order valence-corrected chi connectivity index (χ0v) is 21.1. The van der Waals surface area contributed by atoms with Crippen LogP contribution in [-0.2, 0) is 9.59 Å². The average molecular weight is 503 g/mol. The molecule has 5 rings (SSSR count). The maximum atomic E-state index is 14.1. The molecule has 0 aliphatic carbocycles. The molecule has 2 saturated heterocycles. The van der Waals surface area contributed by atoms with Crippen molar-refractivity contribution >= 4 is 35.0 Å². The predicted molar refractivity (Wildman–Crippen MR) is 138 cm³/mol. The molecule has 0 N–H and O–H groups in total. The van der Waals surface area contributed by atoms with E-state index >= 15 is 0 Å². The normalized spacial score (nSPS) is 23.4. The van der Waals surface area contributed by atoms with Gasteiger partial charge in [0.2, 0.25) is 11.8 Å². The standard InChI is InChI=1S/C29H27ClN2O4/c1-17(2)25-23-24(29(35)31(28(23)34)21-9-5-4-6-10-21)26(18-12-14-20(30)15-13-18)32(25)27(33)19-8-7-11-22(16-19)36-3/h4-17,23-26H,1-3H3. The Bertz CT molecular complexity index is 1310. The minimum absolute atomic E-state index is 0.0724. The SMILES string of the molecule is COc1cccc(C(=O)N2C(c3ccc(Cl)cc3)C3C(=O)N(c4ccccc4)C(=O)C3C2C(C)C)c1. The number of hydrogen-bond acceptors (Lipinski definition) is 4. The maximum Gasteiger partial charge on any atom is 0.254 e. The summed E-state index contributed by atoms with van der Waals surface area (Å²) >= 11 is 6.17. The predicted octanol–water partition coefficient (Wildman–Crippen LogP) is 5.38. The number of para-hydroxylation sites is 1. The number of benzene rings is 3. The minimum Gasteiger partial charge on any atom is -0.497 e. The Morgan fingerprint density at radius 2 is 1.56 bits per heavy atom. The highest BCUT2D eigenvalue weighted by Crippen LogP contribution is 2.53. The number of nitrogens with zero attached hydrogens (tertiary/aromatic N) is 2. The van der Waals surface area contributed by atoms with E-state index in [9.17, 15) is 14.4 Å². The van der Waals surface area contributed by atoms with Crippen LogP contribution in [0.1, 0.15) is 35.8 Å². The van der Waals surface area contributed by atoms with E-state index in [2.05, 4.69) is 0 Å². The van der Waals surface area contributed by atoms with E-state index in [0.717, 1.165) is 5.56 Å². The Morgan fingerprint density at radius 1 is 0.889 bits per heavy atom. The molecule has 0 radical (unpaired) electrons. The molecule has 2 aliphatic rings. The summed E-state index contributed by atoms with van der Waals surface area (Å²) in [6.07, 6.45) is 0. The van der Waals surface area contributed by atoms with E-state index in [-0.39, 0.29) is 23.6 Å². The molecule has 2 heterocycles. The second kappa shape index (κ2) is 9.43. The lowest BCUT2D eigenvalue weighted by molar-refractivity contribution is -0.124. The largest absolute Gasteiger partial charge is 0.497 e. The molecule has 3 aromatic carbocycles. The van der Waals surface area contributed by atoms with Gasteiger partial charge in [0.25, 0.3) is 5.91 Å². The van der Waals surface area contributed by atoms with Crippen LogP contribution in [0.15, 0.2) is 78.9 Å². The van der Waals surface area contributed by atoms with E-state index in [1.54, 1.807) is 72.7 Å². The van der Waals surface area contributed by atoms with Crippen LogP contribution in [0.25, 0.3) is 0 Å². The number of carbonyl (C=O) groups excluding carboxylic acids is 3. The zero-order valence-electron chi connectivity index (χ0n) is 20.3. The Hall–Kier alpha value is -3.64. The third-order valence-corrected chi connectivity index (χ3v) is 7.44. The van der Waals surface area contributed by atoms with Crippen molar-refractivity contribution in [3.63, 3.8) is 0 Å². The highest BCUT2D eigenvalue weighted by atomic mass is 35.5. The van der Waals surface area contributed by atoms with Gasteiger partial charge in [-0.2, -0.15) is 0 Å². The molecule has 0 aromatic heterocycles. The first-order valence-electron chi connectivity index (χ1n) is 12.0. The smallest absolute Gasteiger partial charge is 0.254 e. The molecule has 0 saturated carbocycles. The van der Waals surface area contributed by atoms with Gasteiger partial charge in [0.15, 0.2) is 0 Å². The summed E-state index contributed by atoms with van der Waals surface area (Å²) in [5.74, 6) is -1.68. The second-order valence-electron chi connectivity index (χ2n) is 9.57. The molecule has 3 amide bonds. The fraction of sp³-hybridized carbons (Fsp3) is 0.276. The quantitative estimate of drug-likeness (QED) is 0.439. The molecule has 2 aliphatic heterocycles. The van der Waals surface area contributed by atoms with Crippen molar-refractivity contribution in [1.29, 1.82) is 0 Å². The summed E-state index contributed by atoms with van der Waals surface area (Å²) < 4.78 is 5.34. The number of fused-ring (bicyclic) bond motifs is 1. The summed E-state index contributed by atoms with van der Waals surface area (Å²) in [7, 11) is 1.55. The molecule has 6 nitrogen and oxygen atoms in total. The van der Waals surface area contributed by atoms with Gasteiger partial charge in [-0.05, 0) is 53.9 Å². The van der Waals surface area contributed by atoms with Crippen molar-refractivity contribution in [3.8, 4) is 5.75 Å². The average Bonchev–Trinajstić information content (AvgIpc) is 3.37. The van der Waals surface area contributed by atoms with Gasteiger partial charge in [-0.3, -0.25) is 14.4 Å². The molecule has 184 valence electrons. The number of likely N-dealkylation sites (tertiary alicyclic amines) is 1. The van der Waals surface area contributed by atoms with E-state index in [0.29, 0.717) is 22.0 Å². The molecule has 4 unspecified atom stereocenters. The number of halogens is 1. The van der Waals surface area contributed by atoms with E-state index in [1.165, 1.54) is 4.90 Å². The monoisotopic (exact) mass is 502 g/mol. The van der Waals surface area contributed by atoms with Gasteiger partial charge in [0.05, 0.1) is 30.7 Å². The number of rotatable bonds is 5. The highest BCUT2D eigenvalue weighted by Gasteiger charge is 2.64. The fourth-order valence-electron chi connectivity index (χ4n) is 5.70. The summed E-state index contributed by atoms with van der Waals surface area (Å²) in [4.78, 5) is 44.9. The molecule has 2 fully saturated rings. The number of carbonyl (C=O) groups is 3. The van der Waals surface area contributed by atoms with Crippen molar-refractivity contribution in [2.75, 3.05) is 12.0 Å². The fourth-order valence-corrected chi connectivity index (χ4v) is 5.82. The van der Waals surface area contributed by atoms with Crippen LogP contribution in [0.3, 0.4) is 0 Å². The van der Waals surface area contributed by atoms with Gasteiger partial charge < -0.3 is 9.64 Å². The van der Waals surface area contributed by atoms with Crippen LogP contribution < -0.4 is 9.64 Å². The Kier molecular flexibility index (Phi) is 6.31. The first-order valence-corrected chi connectivity index (χ1v) is 12.4. The zero-order chi connectivity index (χ0) is 25.6. The molecular weight excluding hydrogens is 476 g/mol. The number of amides is 3. The first-order chi connectivity index (χ1) is 17.3. The molecule has 3 aromatic rings. The van der Waals surface area contributed by atoms with Crippen molar-refractivity contribution in [2.45, 2.75) is 25.9 Å². The molecule has 36 heavy (non-hydrogen) atoms.